The molecule has 0 radical (unpaired) electrons. The van der Waals surface area contributed by atoms with Crippen LogP contribution in [0.5, 0.6) is 17.5 Å². The van der Waals surface area contributed by atoms with Crippen LogP contribution in [0.4, 0.5) is 9.52 Å². The molecule has 0 aliphatic heterocycles. The van der Waals surface area contributed by atoms with Crippen molar-refractivity contribution in [2.45, 2.75) is 13.0 Å². The second kappa shape index (κ2) is 9.25. The number of rotatable bonds is 8. The average Bonchev–Trinajstić information content (AvgIpc) is 3.16. The highest BCUT2D eigenvalue weighted by Gasteiger charge is 2.15. The van der Waals surface area contributed by atoms with E-state index in [1.165, 1.54) is 47.7 Å². The maximum Gasteiger partial charge on any atom is 0.257 e. The Morgan fingerprint density at radius 2 is 2.00 bits per heavy atom. The van der Waals surface area contributed by atoms with Crippen molar-refractivity contribution in [3.63, 3.8) is 0 Å². The van der Waals surface area contributed by atoms with Crippen molar-refractivity contribution in [1.29, 1.82) is 0 Å². The van der Waals surface area contributed by atoms with E-state index in [-0.39, 0.29) is 35.2 Å². The fourth-order valence-electron chi connectivity index (χ4n) is 2.28. The van der Waals surface area contributed by atoms with E-state index in [1.54, 1.807) is 18.7 Å². The van der Waals surface area contributed by atoms with E-state index in [1.807, 2.05) is 6.92 Å². The highest BCUT2D eigenvalue weighted by atomic mass is 32.1. The first-order chi connectivity index (χ1) is 13.5. The summed E-state index contributed by atoms with van der Waals surface area (Å²) in [5.41, 5.74) is 0.280. The summed E-state index contributed by atoms with van der Waals surface area (Å²) in [7, 11) is 1.56. The van der Waals surface area contributed by atoms with E-state index >= 15 is 0 Å². The highest BCUT2D eigenvalue weighted by molar-refractivity contribution is 7.13. The predicted octanol–water partition coefficient (Wildman–Crippen LogP) is 4.14. The normalized spacial score (nSPS) is 11.7. The maximum absolute atomic E-state index is 13.1. The largest absolute Gasteiger partial charge is 0.472 e. The van der Waals surface area contributed by atoms with Gasteiger partial charge in [-0.15, -0.1) is 11.3 Å². The molecule has 0 saturated heterocycles. The third kappa shape index (κ3) is 5.48. The Hall–Kier alpha value is -3.04. The molecule has 0 spiro atoms. The summed E-state index contributed by atoms with van der Waals surface area (Å²) in [6, 6.07) is 8.45. The number of carbonyl (C=O) groups excluding carboxylic acids is 1. The number of methoxy groups -OCH3 is 1. The average molecular weight is 403 g/mol. The van der Waals surface area contributed by atoms with Crippen LogP contribution in [0.25, 0.3) is 0 Å². The number of ether oxygens (including phenoxy) is 3. The fraction of sp³-hybridized carbons (Fsp3) is 0.211. The molecule has 2 heterocycles. The number of nitrogens with zero attached hydrogens (tertiary/aromatic N) is 2. The van der Waals surface area contributed by atoms with Crippen LogP contribution < -0.4 is 14.8 Å². The van der Waals surface area contributed by atoms with Crippen molar-refractivity contribution in [1.82, 2.24) is 9.97 Å². The van der Waals surface area contributed by atoms with Crippen molar-refractivity contribution in [3.05, 3.63) is 59.4 Å². The molecule has 1 amide bonds. The van der Waals surface area contributed by atoms with E-state index in [0.717, 1.165) is 0 Å². The van der Waals surface area contributed by atoms with Gasteiger partial charge in [-0.1, -0.05) is 0 Å². The summed E-state index contributed by atoms with van der Waals surface area (Å²) in [4.78, 5) is 20.9. The summed E-state index contributed by atoms with van der Waals surface area (Å²) in [5.74, 6) is -0.0476. The molecule has 1 atom stereocenters. The SMILES string of the molecule is COCC(C)Oc1cc(C(=O)Nc2nccs2)cc(Oc2ccc(F)cc2)n1. The molecule has 9 heteroatoms. The zero-order valence-corrected chi connectivity index (χ0v) is 16.0. The van der Waals surface area contributed by atoms with Crippen LogP contribution in [-0.4, -0.2) is 35.7 Å². The molecular formula is C19H18FN3O4S. The minimum absolute atomic E-state index is 0.137. The Labute approximate surface area is 165 Å². The van der Waals surface area contributed by atoms with Crippen LogP contribution in [0.1, 0.15) is 17.3 Å². The second-order valence-corrected chi connectivity index (χ2v) is 6.66. The molecule has 3 rings (SSSR count). The van der Waals surface area contributed by atoms with Crippen LogP contribution in [-0.2, 0) is 4.74 Å². The Bertz CT molecular complexity index is 919. The lowest BCUT2D eigenvalue weighted by Crippen LogP contribution is -2.19. The lowest BCUT2D eigenvalue weighted by atomic mass is 10.2. The first kappa shape index (κ1) is 19.7. The summed E-state index contributed by atoms with van der Waals surface area (Å²) in [6.07, 6.45) is 1.31. The fourth-order valence-corrected chi connectivity index (χ4v) is 2.80. The van der Waals surface area contributed by atoms with Crippen molar-refractivity contribution in [3.8, 4) is 17.5 Å². The molecule has 0 bridgehead atoms. The molecule has 1 unspecified atom stereocenters. The van der Waals surface area contributed by atoms with E-state index in [2.05, 4.69) is 15.3 Å². The van der Waals surface area contributed by atoms with Crippen molar-refractivity contribution < 1.29 is 23.4 Å². The number of thiazole rings is 1. The number of benzene rings is 1. The number of amides is 1. The standard InChI is InChI=1S/C19H18FN3O4S/c1-12(11-25-2)26-16-9-13(18(24)23-19-21-7-8-28-19)10-17(22-16)27-15-5-3-14(20)4-6-15/h3-10,12H,11H2,1-2H3,(H,21,23,24). The number of anilines is 1. The summed E-state index contributed by atoms with van der Waals surface area (Å²) >= 11 is 1.30. The molecule has 0 saturated carbocycles. The summed E-state index contributed by atoms with van der Waals surface area (Å²) < 4.78 is 29.5. The van der Waals surface area contributed by atoms with Crippen molar-refractivity contribution in [2.75, 3.05) is 19.0 Å². The summed E-state index contributed by atoms with van der Waals surface area (Å²) in [5, 5.41) is 4.92. The smallest absolute Gasteiger partial charge is 0.257 e. The van der Waals surface area contributed by atoms with Crippen LogP contribution in [0.15, 0.2) is 48.0 Å². The number of hydrogen-bond donors (Lipinski definition) is 1. The third-order valence-corrected chi connectivity index (χ3v) is 4.14. The molecule has 0 aliphatic carbocycles. The molecule has 1 N–H and O–H groups in total. The van der Waals surface area contributed by atoms with E-state index < -0.39 is 0 Å². The van der Waals surface area contributed by atoms with Gasteiger partial charge in [-0.05, 0) is 31.2 Å². The number of pyridine rings is 1. The van der Waals surface area contributed by atoms with Gasteiger partial charge >= 0.3 is 0 Å². The number of aromatic nitrogens is 2. The lowest BCUT2D eigenvalue weighted by Gasteiger charge is -2.15. The predicted molar refractivity (Wildman–Crippen MR) is 103 cm³/mol. The molecule has 1 aromatic carbocycles. The molecular weight excluding hydrogens is 385 g/mol. The Balaban J connectivity index is 1.86. The molecule has 3 aromatic rings. The van der Waals surface area contributed by atoms with Gasteiger partial charge in [0.1, 0.15) is 17.7 Å². The molecule has 28 heavy (non-hydrogen) atoms. The van der Waals surface area contributed by atoms with Crippen LogP contribution >= 0.6 is 11.3 Å². The van der Waals surface area contributed by atoms with Crippen molar-refractivity contribution >= 4 is 22.4 Å². The zero-order valence-electron chi connectivity index (χ0n) is 15.2. The van der Waals surface area contributed by atoms with Crippen LogP contribution in [0.2, 0.25) is 0 Å². The topological polar surface area (TPSA) is 82.6 Å². The van der Waals surface area contributed by atoms with Crippen LogP contribution in [0.3, 0.4) is 0 Å². The van der Waals surface area contributed by atoms with Crippen molar-refractivity contribution in [2.24, 2.45) is 0 Å². The third-order valence-electron chi connectivity index (χ3n) is 3.45. The van der Waals surface area contributed by atoms with Crippen LogP contribution in [0, 0.1) is 5.82 Å². The van der Waals surface area contributed by atoms with E-state index in [0.29, 0.717) is 17.5 Å². The number of carbonyl (C=O) groups is 1. The van der Waals surface area contributed by atoms with Gasteiger partial charge in [0.25, 0.3) is 5.91 Å². The first-order valence-corrected chi connectivity index (χ1v) is 9.23. The minimum Gasteiger partial charge on any atom is -0.472 e. The van der Waals surface area contributed by atoms with Gasteiger partial charge in [0.05, 0.1) is 12.2 Å². The Kier molecular flexibility index (Phi) is 6.51. The van der Waals surface area contributed by atoms with Gasteiger partial charge in [0.15, 0.2) is 5.13 Å². The number of halogens is 1. The number of nitrogens with one attached hydrogen (secondary N) is 1. The minimum atomic E-state index is -0.384. The number of hydrogen-bond acceptors (Lipinski definition) is 7. The zero-order chi connectivity index (χ0) is 19.9. The molecule has 146 valence electrons. The molecule has 0 fully saturated rings. The molecule has 0 aliphatic rings. The monoisotopic (exact) mass is 403 g/mol. The summed E-state index contributed by atoms with van der Waals surface area (Å²) in [6.45, 7) is 2.17. The quantitative estimate of drug-likeness (QED) is 0.609. The first-order valence-electron chi connectivity index (χ1n) is 8.35. The van der Waals surface area contributed by atoms with E-state index in [9.17, 15) is 9.18 Å². The molecule has 7 nitrogen and oxygen atoms in total. The molecule has 2 aromatic heterocycles. The van der Waals surface area contributed by atoms with Gasteiger partial charge in [-0.2, -0.15) is 4.98 Å². The Morgan fingerprint density at radius 3 is 2.68 bits per heavy atom. The van der Waals surface area contributed by atoms with Gasteiger partial charge in [-0.3, -0.25) is 10.1 Å². The maximum atomic E-state index is 13.1. The van der Waals surface area contributed by atoms with Gasteiger partial charge in [0, 0.05) is 30.8 Å². The van der Waals surface area contributed by atoms with Gasteiger partial charge in [0.2, 0.25) is 11.8 Å². The Morgan fingerprint density at radius 1 is 1.25 bits per heavy atom. The van der Waals surface area contributed by atoms with Gasteiger partial charge in [-0.25, -0.2) is 9.37 Å². The highest BCUT2D eigenvalue weighted by Crippen LogP contribution is 2.25. The van der Waals surface area contributed by atoms with E-state index in [4.69, 9.17) is 14.2 Å². The lowest BCUT2D eigenvalue weighted by molar-refractivity contribution is 0.0882. The van der Waals surface area contributed by atoms with Gasteiger partial charge < -0.3 is 14.2 Å². The second-order valence-electron chi connectivity index (χ2n) is 5.76.